The van der Waals surface area contributed by atoms with Crippen LogP contribution in [0, 0.1) is 0 Å². The normalized spacial score (nSPS) is 17.1. The van der Waals surface area contributed by atoms with Crippen molar-refractivity contribution in [3.63, 3.8) is 0 Å². The summed E-state index contributed by atoms with van der Waals surface area (Å²) < 4.78 is 5.21. The molecule has 2 rings (SSSR count). The lowest BCUT2D eigenvalue weighted by atomic mass is 10.3. The number of morpholine rings is 1. The molecule has 6 nitrogen and oxygen atoms in total. The number of anilines is 1. The molecule has 1 aromatic heterocycles. The van der Waals surface area contributed by atoms with Gasteiger partial charge in [-0.1, -0.05) is 0 Å². The molecule has 2 heterocycles. The highest BCUT2D eigenvalue weighted by atomic mass is 16.5. The smallest absolute Gasteiger partial charge is 0.225 e. The Kier molecular flexibility index (Phi) is 3.10. The van der Waals surface area contributed by atoms with Gasteiger partial charge in [-0.2, -0.15) is 0 Å². The van der Waals surface area contributed by atoms with E-state index >= 15 is 0 Å². The first-order valence-electron chi connectivity index (χ1n) is 4.78. The Labute approximate surface area is 87.2 Å². The molecule has 1 aromatic rings. The third-order valence-electron chi connectivity index (χ3n) is 2.25. The van der Waals surface area contributed by atoms with Crippen molar-refractivity contribution in [3.8, 4) is 0 Å². The number of aromatic nitrogens is 2. The lowest BCUT2D eigenvalue weighted by Crippen LogP contribution is -2.37. The van der Waals surface area contributed by atoms with Crippen molar-refractivity contribution < 1.29 is 14.9 Å². The number of nitrogens with zero attached hydrogens (tertiary/aromatic N) is 3. The zero-order valence-corrected chi connectivity index (χ0v) is 8.20. The van der Waals surface area contributed by atoms with Gasteiger partial charge in [-0.05, 0) is 0 Å². The Bertz CT molecular complexity index is 309. The van der Waals surface area contributed by atoms with Crippen LogP contribution in [0.4, 0.5) is 5.95 Å². The average molecular weight is 211 g/mol. The molecule has 1 fully saturated rings. The molecule has 0 unspecified atom stereocenters. The standard InChI is InChI=1S/C9H13N3O3/c13-8(14)7-5-10-9(11-6-7)12-1-3-15-4-2-12/h5-6,8,13-14H,1-4H2. The van der Waals surface area contributed by atoms with E-state index in [0.29, 0.717) is 24.7 Å². The highest BCUT2D eigenvalue weighted by Crippen LogP contribution is 2.12. The Hall–Kier alpha value is -1.24. The van der Waals surface area contributed by atoms with Crippen LogP contribution in [-0.4, -0.2) is 46.5 Å². The number of aliphatic hydroxyl groups is 2. The Morgan fingerprint density at radius 3 is 2.33 bits per heavy atom. The van der Waals surface area contributed by atoms with Crippen LogP contribution in [0.5, 0.6) is 0 Å². The van der Waals surface area contributed by atoms with Crippen LogP contribution in [0.2, 0.25) is 0 Å². The summed E-state index contributed by atoms with van der Waals surface area (Å²) in [5.74, 6) is 0.600. The number of aliphatic hydroxyl groups excluding tert-OH is 1. The summed E-state index contributed by atoms with van der Waals surface area (Å²) in [6, 6.07) is 0. The van der Waals surface area contributed by atoms with Gasteiger partial charge in [0.2, 0.25) is 5.95 Å². The van der Waals surface area contributed by atoms with E-state index in [1.54, 1.807) is 0 Å². The van der Waals surface area contributed by atoms with E-state index < -0.39 is 6.29 Å². The Balaban J connectivity index is 2.08. The number of ether oxygens (including phenoxy) is 1. The molecule has 82 valence electrons. The molecule has 0 radical (unpaired) electrons. The van der Waals surface area contributed by atoms with Crippen LogP contribution in [0.1, 0.15) is 11.9 Å². The second-order valence-corrected chi connectivity index (χ2v) is 3.29. The van der Waals surface area contributed by atoms with Crippen molar-refractivity contribution in [3.05, 3.63) is 18.0 Å². The van der Waals surface area contributed by atoms with Crippen LogP contribution in [0.25, 0.3) is 0 Å². The lowest BCUT2D eigenvalue weighted by Gasteiger charge is -2.26. The average Bonchev–Trinajstić information content (AvgIpc) is 2.30. The molecule has 0 aromatic carbocycles. The zero-order valence-electron chi connectivity index (χ0n) is 8.20. The van der Waals surface area contributed by atoms with E-state index in [0.717, 1.165) is 13.1 Å². The van der Waals surface area contributed by atoms with Crippen LogP contribution in [0.3, 0.4) is 0 Å². The van der Waals surface area contributed by atoms with E-state index in [4.69, 9.17) is 14.9 Å². The first-order valence-corrected chi connectivity index (χ1v) is 4.78. The van der Waals surface area contributed by atoms with Gasteiger partial charge in [0.05, 0.1) is 13.2 Å². The second-order valence-electron chi connectivity index (χ2n) is 3.29. The SMILES string of the molecule is OC(O)c1cnc(N2CCOCC2)nc1. The Morgan fingerprint density at radius 1 is 1.20 bits per heavy atom. The Morgan fingerprint density at radius 2 is 1.80 bits per heavy atom. The minimum Gasteiger partial charge on any atom is -0.378 e. The maximum Gasteiger partial charge on any atom is 0.225 e. The second kappa shape index (κ2) is 4.52. The van der Waals surface area contributed by atoms with Gasteiger partial charge in [0, 0.05) is 31.0 Å². The summed E-state index contributed by atoms with van der Waals surface area (Å²) in [7, 11) is 0. The summed E-state index contributed by atoms with van der Waals surface area (Å²) in [6.45, 7) is 2.88. The minimum absolute atomic E-state index is 0.298. The fourth-order valence-corrected chi connectivity index (χ4v) is 1.39. The third kappa shape index (κ3) is 2.41. The van der Waals surface area contributed by atoms with Crippen molar-refractivity contribution in [2.45, 2.75) is 6.29 Å². The van der Waals surface area contributed by atoms with Crippen LogP contribution in [-0.2, 0) is 4.74 Å². The summed E-state index contributed by atoms with van der Waals surface area (Å²) in [5, 5.41) is 17.7. The molecule has 6 heteroatoms. The molecule has 0 atom stereocenters. The van der Waals surface area contributed by atoms with Gasteiger partial charge in [0.15, 0.2) is 6.29 Å². The molecule has 1 aliphatic rings. The highest BCUT2D eigenvalue weighted by molar-refractivity contribution is 5.30. The topological polar surface area (TPSA) is 78.7 Å². The molecule has 0 bridgehead atoms. The van der Waals surface area contributed by atoms with Crippen LogP contribution in [0.15, 0.2) is 12.4 Å². The molecular formula is C9H13N3O3. The molecule has 15 heavy (non-hydrogen) atoms. The highest BCUT2D eigenvalue weighted by Gasteiger charge is 2.13. The van der Waals surface area contributed by atoms with E-state index in [2.05, 4.69) is 9.97 Å². The first-order chi connectivity index (χ1) is 7.27. The van der Waals surface area contributed by atoms with E-state index in [-0.39, 0.29) is 0 Å². The van der Waals surface area contributed by atoms with Crippen LogP contribution >= 0.6 is 0 Å². The van der Waals surface area contributed by atoms with Crippen molar-refractivity contribution in [2.75, 3.05) is 31.2 Å². The number of rotatable bonds is 2. The largest absolute Gasteiger partial charge is 0.378 e. The van der Waals surface area contributed by atoms with Gasteiger partial charge in [-0.3, -0.25) is 0 Å². The molecule has 0 spiro atoms. The maximum absolute atomic E-state index is 8.87. The maximum atomic E-state index is 8.87. The van der Waals surface area contributed by atoms with Crippen molar-refractivity contribution in [1.82, 2.24) is 9.97 Å². The molecule has 0 saturated carbocycles. The molecular weight excluding hydrogens is 198 g/mol. The van der Waals surface area contributed by atoms with Gasteiger partial charge >= 0.3 is 0 Å². The lowest BCUT2D eigenvalue weighted by molar-refractivity contribution is -0.0429. The first kappa shape index (κ1) is 10.3. The van der Waals surface area contributed by atoms with Gasteiger partial charge < -0.3 is 19.8 Å². The molecule has 0 amide bonds. The molecule has 1 aliphatic heterocycles. The van der Waals surface area contributed by atoms with E-state index in [9.17, 15) is 0 Å². The van der Waals surface area contributed by atoms with Gasteiger partial charge in [-0.15, -0.1) is 0 Å². The van der Waals surface area contributed by atoms with Crippen LogP contribution < -0.4 is 4.90 Å². The zero-order chi connectivity index (χ0) is 10.7. The summed E-state index contributed by atoms with van der Waals surface area (Å²) in [6.07, 6.45) is 1.33. The minimum atomic E-state index is -1.51. The predicted octanol–water partition coefficient (Wildman–Crippen LogP) is -0.704. The summed E-state index contributed by atoms with van der Waals surface area (Å²) >= 11 is 0. The quantitative estimate of drug-likeness (QED) is 0.629. The van der Waals surface area contributed by atoms with Crippen molar-refractivity contribution >= 4 is 5.95 Å². The van der Waals surface area contributed by atoms with Gasteiger partial charge in [-0.25, -0.2) is 9.97 Å². The van der Waals surface area contributed by atoms with E-state index in [1.807, 2.05) is 4.90 Å². The predicted molar refractivity (Wildman–Crippen MR) is 52.2 cm³/mol. The molecule has 1 saturated heterocycles. The van der Waals surface area contributed by atoms with Crippen molar-refractivity contribution in [1.29, 1.82) is 0 Å². The molecule has 2 N–H and O–H groups in total. The van der Waals surface area contributed by atoms with E-state index in [1.165, 1.54) is 12.4 Å². The third-order valence-corrected chi connectivity index (χ3v) is 2.25. The number of hydrogen-bond acceptors (Lipinski definition) is 6. The fraction of sp³-hybridized carbons (Fsp3) is 0.556. The van der Waals surface area contributed by atoms with Crippen molar-refractivity contribution in [2.24, 2.45) is 0 Å². The van der Waals surface area contributed by atoms with Gasteiger partial charge in [0.25, 0.3) is 0 Å². The van der Waals surface area contributed by atoms with Gasteiger partial charge in [0.1, 0.15) is 0 Å². The summed E-state index contributed by atoms with van der Waals surface area (Å²) in [4.78, 5) is 10.1. The summed E-state index contributed by atoms with van der Waals surface area (Å²) in [5.41, 5.74) is 0.298. The fourth-order valence-electron chi connectivity index (χ4n) is 1.39. The monoisotopic (exact) mass is 211 g/mol. The number of hydrogen-bond donors (Lipinski definition) is 2. The molecule has 0 aliphatic carbocycles.